The van der Waals surface area contributed by atoms with Crippen LogP contribution in [0.25, 0.3) is 0 Å². The molecule has 0 aliphatic carbocycles. The van der Waals surface area contributed by atoms with Crippen molar-refractivity contribution in [3.63, 3.8) is 0 Å². The molecule has 0 aliphatic rings. The van der Waals surface area contributed by atoms with Crippen molar-refractivity contribution in [3.8, 4) is 0 Å². The Morgan fingerprint density at radius 1 is 1.52 bits per heavy atom. The van der Waals surface area contributed by atoms with Gasteiger partial charge in [-0.2, -0.15) is 0 Å². The fourth-order valence-electron chi connectivity index (χ4n) is 1.90. The van der Waals surface area contributed by atoms with Gasteiger partial charge >= 0.3 is 11.9 Å². The first-order valence-electron chi connectivity index (χ1n) is 6.30. The largest absolute Gasteiger partial charge is 0.464 e. The van der Waals surface area contributed by atoms with E-state index >= 15 is 0 Å². The van der Waals surface area contributed by atoms with Crippen molar-refractivity contribution in [3.05, 3.63) is 39.4 Å². The SMILES string of the molecule is CCCc1c(C(=O)OC)nnn1Cc1ccc([N+](=O)[O-])o1. The number of carbonyl (C=O) groups excluding carboxylic acids is 1. The van der Waals surface area contributed by atoms with Crippen molar-refractivity contribution >= 4 is 11.9 Å². The van der Waals surface area contributed by atoms with Crippen LogP contribution in [0, 0.1) is 10.1 Å². The molecule has 0 saturated carbocycles. The minimum absolute atomic E-state index is 0.153. The van der Waals surface area contributed by atoms with Gasteiger partial charge in [-0.15, -0.1) is 5.10 Å². The Balaban J connectivity index is 2.28. The molecule has 0 amide bonds. The molecule has 0 spiro atoms. The highest BCUT2D eigenvalue weighted by Crippen LogP contribution is 2.18. The first-order chi connectivity index (χ1) is 10.1. The molecule has 0 atom stereocenters. The third-order valence-electron chi connectivity index (χ3n) is 2.84. The van der Waals surface area contributed by atoms with E-state index in [0.29, 0.717) is 17.9 Å². The monoisotopic (exact) mass is 294 g/mol. The summed E-state index contributed by atoms with van der Waals surface area (Å²) in [5.74, 6) is -0.536. The van der Waals surface area contributed by atoms with Crippen molar-refractivity contribution in [1.29, 1.82) is 0 Å². The zero-order valence-electron chi connectivity index (χ0n) is 11.6. The Morgan fingerprint density at radius 3 is 2.86 bits per heavy atom. The van der Waals surface area contributed by atoms with Crippen molar-refractivity contribution in [1.82, 2.24) is 15.0 Å². The third kappa shape index (κ3) is 3.07. The summed E-state index contributed by atoms with van der Waals surface area (Å²) in [5.41, 5.74) is 0.767. The summed E-state index contributed by atoms with van der Waals surface area (Å²) in [6.45, 7) is 2.11. The molecule has 112 valence electrons. The number of rotatable bonds is 6. The Morgan fingerprint density at radius 2 is 2.29 bits per heavy atom. The van der Waals surface area contributed by atoms with Gasteiger partial charge < -0.3 is 9.15 Å². The molecule has 2 rings (SSSR count). The van der Waals surface area contributed by atoms with Crippen LogP contribution in [0.4, 0.5) is 5.88 Å². The molecular weight excluding hydrogens is 280 g/mol. The van der Waals surface area contributed by atoms with E-state index in [4.69, 9.17) is 4.42 Å². The van der Waals surface area contributed by atoms with Gasteiger partial charge in [0, 0.05) is 0 Å². The molecule has 0 radical (unpaired) electrons. The summed E-state index contributed by atoms with van der Waals surface area (Å²) in [6.07, 6.45) is 1.37. The van der Waals surface area contributed by atoms with Gasteiger partial charge in [0.2, 0.25) is 0 Å². The molecule has 2 heterocycles. The van der Waals surface area contributed by atoms with Crippen LogP contribution in [-0.2, 0) is 17.7 Å². The van der Waals surface area contributed by atoms with Crippen LogP contribution in [0.5, 0.6) is 0 Å². The van der Waals surface area contributed by atoms with Crippen LogP contribution in [0.1, 0.15) is 35.3 Å². The van der Waals surface area contributed by atoms with Gasteiger partial charge in [0.15, 0.2) is 5.69 Å². The average Bonchev–Trinajstić information content (AvgIpc) is 3.07. The third-order valence-corrected chi connectivity index (χ3v) is 2.84. The molecule has 0 aliphatic heterocycles. The molecule has 0 saturated heterocycles. The molecule has 0 bridgehead atoms. The molecule has 21 heavy (non-hydrogen) atoms. The van der Waals surface area contributed by atoms with Gasteiger partial charge in [-0.1, -0.05) is 18.6 Å². The van der Waals surface area contributed by atoms with Crippen molar-refractivity contribution in [2.24, 2.45) is 0 Å². The van der Waals surface area contributed by atoms with Crippen LogP contribution in [0.3, 0.4) is 0 Å². The summed E-state index contributed by atoms with van der Waals surface area (Å²) in [5, 5.41) is 18.3. The Kier molecular flexibility index (Phi) is 4.31. The summed E-state index contributed by atoms with van der Waals surface area (Å²) < 4.78 is 11.2. The number of methoxy groups -OCH3 is 1. The highest BCUT2D eigenvalue weighted by Gasteiger charge is 2.21. The fraction of sp³-hybridized carbons (Fsp3) is 0.417. The zero-order valence-corrected chi connectivity index (χ0v) is 11.6. The molecular formula is C12H14N4O5. The highest BCUT2D eigenvalue weighted by atomic mass is 16.6. The average molecular weight is 294 g/mol. The molecule has 0 fully saturated rings. The smallest absolute Gasteiger partial charge is 0.433 e. The molecule has 9 nitrogen and oxygen atoms in total. The normalized spacial score (nSPS) is 10.6. The van der Waals surface area contributed by atoms with Crippen molar-refractivity contribution < 1.29 is 18.9 Å². The number of carbonyl (C=O) groups is 1. The molecule has 0 unspecified atom stereocenters. The standard InChI is InChI=1S/C12H14N4O5/c1-3-4-9-11(12(17)20-2)13-14-15(9)7-8-5-6-10(21-8)16(18)19/h5-6H,3-4,7H2,1-2H3. The maximum atomic E-state index is 11.6. The molecule has 2 aromatic heterocycles. The van der Waals surface area contributed by atoms with Gasteiger partial charge in [-0.05, 0) is 12.5 Å². The number of nitrogens with zero attached hydrogens (tertiary/aromatic N) is 4. The van der Waals surface area contributed by atoms with Crippen LogP contribution < -0.4 is 0 Å². The van der Waals surface area contributed by atoms with Gasteiger partial charge in [0.25, 0.3) is 0 Å². The van der Waals surface area contributed by atoms with Crippen molar-refractivity contribution in [2.75, 3.05) is 7.11 Å². The lowest BCUT2D eigenvalue weighted by atomic mass is 10.2. The maximum absolute atomic E-state index is 11.6. The Bertz CT molecular complexity index is 660. The Labute approximate surface area is 119 Å². The number of nitro groups is 1. The maximum Gasteiger partial charge on any atom is 0.433 e. The summed E-state index contributed by atoms with van der Waals surface area (Å²) in [4.78, 5) is 21.6. The van der Waals surface area contributed by atoms with Gasteiger partial charge in [-0.3, -0.25) is 10.1 Å². The molecule has 2 aromatic rings. The number of ether oxygens (including phenoxy) is 1. The van der Waals surface area contributed by atoms with E-state index in [2.05, 4.69) is 15.0 Å². The fourth-order valence-corrected chi connectivity index (χ4v) is 1.90. The highest BCUT2D eigenvalue weighted by molar-refractivity contribution is 5.88. The van der Waals surface area contributed by atoms with E-state index in [1.165, 1.54) is 23.9 Å². The van der Waals surface area contributed by atoms with Crippen LogP contribution in [-0.4, -0.2) is 33.0 Å². The number of aromatic nitrogens is 3. The lowest BCUT2D eigenvalue weighted by Crippen LogP contribution is -2.10. The first kappa shape index (κ1) is 14.7. The summed E-state index contributed by atoms with van der Waals surface area (Å²) in [7, 11) is 1.27. The molecule has 0 N–H and O–H groups in total. The van der Waals surface area contributed by atoms with Gasteiger partial charge in [0.1, 0.15) is 17.2 Å². The second kappa shape index (κ2) is 6.16. The molecule has 9 heteroatoms. The van der Waals surface area contributed by atoms with Crippen molar-refractivity contribution in [2.45, 2.75) is 26.3 Å². The topological polar surface area (TPSA) is 113 Å². The van der Waals surface area contributed by atoms with E-state index in [9.17, 15) is 14.9 Å². The predicted octanol–water partition coefficient (Wildman–Crippen LogP) is 1.57. The lowest BCUT2D eigenvalue weighted by molar-refractivity contribution is -0.402. The van der Waals surface area contributed by atoms with E-state index in [1.54, 1.807) is 0 Å². The second-order valence-corrected chi connectivity index (χ2v) is 4.28. The van der Waals surface area contributed by atoms with Gasteiger partial charge in [0.05, 0.1) is 18.9 Å². The Hall–Kier alpha value is -2.71. The van der Waals surface area contributed by atoms with Crippen LogP contribution in [0.2, 0.25) is 0 Å². The quantitative estimate of drug-likeness (QED) is 0.451. The first-order valence-corrected chi connectivity index (χ1v) is 6.30. The number of hydrogen-bond acceptors (Lipinski definition) is 7. The number of furan rings is 1. The van der Waals surface area contributed by atoms with E-state index in [-0.39, 0.29) is 18.1 Å². The zero-order chi connectivity index (χ0) is 15.4. The lowest BCUT2D eigenvalue weighted by Gasteiger charge is -2.04. The van der Waals surface area contributed by atoms with Crippen LogP contribution >= 0.6 is 0 Å². The summed E-state index contributed by atoms with van der Waals surface area (Å²) >= 11 is 0. The molecule has 0 aromatic carbocycles. The minimum atomic E-state index is -0.613. The minimum Gasteiger partial charge on any atom is -0.464 e. The van der Waals surface area contributed by atoms with E-state index in [1.807, 2.05) is 6.92 Å². The predicted molar refractivity (Wildman–Crippen MR) is 69.8 cm³/mol. The number of hydrogen-bond donors (Lipinski definition) is 0. The van der Waals surface area contributed by atoms with Gasteiger partial charge in [-0.25, -0.2) is 9.48 Å². The second-order valence-electron chi connectivity index (χ2n) is 4.28. The summed E-state index contributed by atoms with van der Waals surface area (Å²) in [6, 6.07) is 2.76. The van der Waals surface area contributed by atoms with E-state index < -0.39 is 10.9 Å². The van der Waals surface area contributed by atoms with E-state index in [0.717, 1.165) is 6.42 Å². The number of esters is 1. The van der Waals surface area contributed by atoms with Crippen LogP contribution in [0.15, 0.2) is 16.5 Å².